The molecule has 1 N–H and O–H groups in total. The molecule has 0 radical (unpaired) electrons. The molecule has 1 aromatic carbocycles. The summed E-state index contributed by atoms with van der Waals surface area (Å²) in [6.45, 7) is 3.65. The first-order valence-electron chi connectivity index (χ1n) is 4.84. The first-order valence-corrected chi connectivity index (χ1v) is 4.84. The van der Waals surface area contributed by atoms with Crippen molar-refractivity contribution in [2.45, 2.75) is 32.3 Å². The lowest BCUT2D eigenvalue weighted by molar-refractivity contribution is 0.0494. The predicted octanol–water partition coefficient (Wildman–Crippen LogP) is 2.70. The highest BCUT2D eigenvalue weighted by atomic mass is 16.3. The minimum absolute atomic E-state index is 0.678. The van der Waals surface area contributed by atoms with Gasteiger partial charge in [-0.25, -0.2) is 0 Å². The number of benzene rings is 1. The molecule has 1 aromatic rings. The van der Waals surface area contributed by atoms with Crippen molar-refractivity contribution in [1.29, 1.82) is 0 Å². The van der Waals surface area contributed by atoms with E-state index >= 15 is 0 Å². The Hall–Kier alpha value is -1.26. The maximum Gasteiger partial charge on any atom is 0.0877 e. The fraction of sp³-hybridized carbons (Fsp3) is 0.385. The number of hydrogen-bond acceptors (Lipinski definition) is 1. The zero-order valence-corrected chi connectivity index (χ0v) is 8.75. The minimum atomic E-state index is -0.759. The first kappa shape index (κ1) is 10.8. The summed E-state index contributed by atoms with van der Waals surface area (Å²) in [7, 11) is 0. The van der Waals surface area contributed by atoms with Crippen molar-refractivity contribution >= 4 is 0 Å². The molecule has 0 aromatic heterocycles. The molecule has 1 rings (SSSR count). The third kappa shape index (κ3) is 2.90. The summed E-state index contributed by atoms with van der Waals surface area (Å²) < 4.78 is 0. The van der Waals surface area contributed by atoms with E-state index in [1.54, 1.807) is 0 Å². The van der Waals surface area contributed by atoms with Gasteiger partial charge >= 0.3 is 0 Å². The van der Waals surface area contributed by atoms with E-state index < -0.39 is 5.60 Å². The van der Waals surface area contributed by atoms with Crippen LogP contribution in [0.2, 0.25) is 0 Å². The van der Waals surface area contributed by atoms with Gasteiger partial charge < -0.3 is 5.11 Å². The van der Waals surface area contributed by atoms with Gasteiger partial charge in [0.1, 0.15) is 0 Å². The van der Waals surface area contributed by atoms with Crippen molar-refractivity contribution in [3.63, 3.8) is 0 Å². The van der Waals surface area contributed by atoms with Crippen LogP contribution in [0.5, 0.6) is 0 Å². The van der Waals surface area contributed by atoms with Crippen LogP contribution in [-0.4, -0.2) is 5.11 Å². The van der Waals surface area contributed by atoms with Crippen molar-refractivity contribution in [2.24, 2.45) is 0 Å². The van der Waals surface area contributed by atoms with Gasteiger partial charge in [-0.1, -0.05) is 30.3 Å². The van der Waals surface area contributed by atoms with E-state index in [1.807, 2.05) is 44.2 Å². The molecule has 0 aliphatic carbocycles. The van der Waals surface area contributed by atoms with Crippen molar-refractivity contribution in [2.75, 3.05) is 0 Å². The molecule has 0 amide bonds. The minimum Gasteiger partial charge on any atom is -0.385 e. The van der Waals surface area contributed by atoms with Crippen LogP contribution in [0.1, 0.15) is 32.3 Å². The normalized spacial score (nSPS) is 13.9. The predicted molar refractivity (Wildman–Crippen MR) is 58.7 cm³/mol. The van der Waals surface area contributed by atoms with Gasteiger partial charge in [0.2, 0.25) is 0 Å². The fourth-order valence-corrected chi connectivity index (χ4v) is 1.37. The lowest BCUT2D eigenvalue weighted by Crippen LogP contribution is -2.20. The van der Waals surface area contributed by atoms with E-state index in [9.17, 15) is 5.11 Å². The Balaban J connectivity index is 2.68. The lowest BCUT2D eigenvalue weighted by Gasteiger charge is -2.22. The van der Waals surface area contributed by atoms with Crippen LogP contribution in [-0.2, 0) is 5.60 Å². The molecule has 0 bridgehead atoms. The summed E-state index contributed by atoms with van der Waals surface area (Å²) in [5.41, 5.74) is 0.198. The van der Waals surface area contributed by atoms with Crippen LogP contribution in [0.3, 0.4) is 0 Å². The van der Waals surface area contributed by atoms with Crippen LogP contribution < -0.4 is 0 Å². The van der Waals surface area contributed by atoms with Crippen LogP contribution in [0.15, 0.2) is 30.3 Å². The first-order chi connectivity index (χ1) is 6.67. The van der Waals surface area contributed by atoms with Gasteiger partial charge in [-0.15, -0.1) is 11.8 Å². The Morgan fingerprint density at radius 1 is 1.29 bits per heavy atom. The molecule has 1 unspecified atom stereocenters. The number of aliphatic hydroxyl groups is 1. The molecule has 0 heterocycles. The highest BCUT2D eigenvalue weighted by Gasteiger charge is 2.21. The van der Waals surface area contributed by atoms with Gasteiger partial charge in [-0.3, -0.25) is 0 Å². The van der Waals surface area contributed by atoms with Crippen LogP contribution in [0.25, 0.3) is 0 Å². The molecule has 1 atom stereocenters. The van der Waals surface area contributed by atoms with Gasteiger partial charge in [0.25, 0.3) is 0 Å². The molecule has 0 saturated heterocycles. The SMILES string of the molecule is CC#CCCC(C)(O)c1ccccc1. The van der Waals surface area contributed by atoms with Gasteiger partial charge in [0, 0.05) is 6.42 Å². The maximum atomic E-state index is 10.1. The van der Waals surface area contributed by atoms with E-state index in [0.717, 1.165) is 12.0 Å². The Labute approximate surface area is 85.8 Å². The maximum absolute atomic E-state index is 10.1. The molecular formula is C13H16O. The standard InChI is InChI=1S/C13H16O/c1-3-4-8-11-13(2,14)12-9-6-5-7-10-12/h5-7,9-10,14H,8,11H2,1-2H3. The van der Waals surface area contributed by atoms with E-state index in [2.05, 4.69) is 11.8 Å². The van der Waals surface area contributed by atoms with Gasteiger partial charge in [-0.05, 0) is 25.8 Å². The average molecular weight is 188 g/mol. The van der Waals surface area contributed by atoms with Gasteiger partial charge in [0.15, 0.2) is 0 Å². The molecule has 14 heavy (non-hydrogen) atoms. The molecule has 0 aliphatic rings. The number of hydrogen-bond donors (Lipinski definition) is 1. The Bertz CT molecular complexity index is 327. The smallest absolute Gasteiger partial charge is 0.0877 e. The number of rotatable bonds is 3. The van der Waals surface area contributed by atoms with E-state index in [4.69, 9.17) is 0 Å². The Kier molecular flexibility index (Phi) is 3.73. The molecule has 74 valence electrons. The molecule has 0 saturated carbocycles. The summed E-state index contributed by atoms with van der Waals surface area (Å²) in [6, 6.07) is 9.72. The lowest BCUT2D eigenvalue weighted by atomic mass is 9.91. The van der Waals surface area contributed by atoms with Gasteiger partial charge in [-0.2, -0.15) is 0 Å². The van der Waals surface area contributed by atoms with E-state index in [-0.39, 0.29) is 0 Å². The van der Waals surface area contributed by atoms with E-state index in [1.165, 1.54) is 0 Å². The third-order valence-corrected chi connectivity index (χ3v) is 2.31. The highest BCUT2D eigenvalue weighted by molar-refractivity contribution is 5.21. The van der Waals surface area contributed by atoms with Crippen molar-refractivity contribution in [3.8, 4) is 11.8 Å². The highest BCUT2D eigenvalue weighted by Crippen LogP contribution is 2.24. The summed E-state index contributed by atoms with van der Waals surface area (Å²) in [6.07, 6.45) is 1.41. The summed E-state index contributed by atoms with van der Waals surface area (Å²) >= 11 is 0. The third-order valence-electron chi connectivity index (χ3n) is 2.31. The topological polar surface area (TPSA) is 20.2 Å². The molecule has 1 heteroatoms. The second-order valence-corrected chi connectivity index (χ2v) is 3.57. The monoisotopic (exact) mass is 188 g/mol. The summed E-state index contributed by atoms with van der Waals surface area (Å²) in [5.74, 6) is 5.79. The van der Waals surface area contributed by atoms with Crippen molar-refractivity contribution in [3.05, 3.63) is 35.9 Å². The Morgan fingerprint density at radius 3 is 2.50 bits per heavy atom. The quantitative estimate of drug-likeness (QED) is 0.723. The van der Waals surface area contributed by atoms with E-state index in [0.29, 0.717) is 6.42 Å². The second-order valence-electron chi connectivity index (χ2n) is 3.57. The van der Waals surface area contributed by atoms with Crippen LogP contribution in [0.4, 0.5) is 0 Å². The molecule has 0 spiro atoms. The van der Waals surface area contributed by atoms with Crippen LogP contribution >= 0.6 is 0 Å². The van der Waals surface area contributed by atoms with Crippen molar-refractivity contribution in [1.82, 2.24) is 0 Å². The zero-order valence-electron chi connectivity index (χ0n) is 8.75. The Morgan fingerprint density at radius 2 is 1.93 bits per heavy atom. The summed E-state index contributed by atoms with van der Waals surface area (Å²) in [4.78, 5) is 0. The summed E-state index contributed by atoms with van der Waals surface area (Å²) in [5, 5.41) is 10.1. The molecule has 0 aliphatic heterocycles. The molecule has 1 nitrogen and oxygen atoms in total. The molecular weight excluding hydrogens is 172 g/mol. The fourth-order valence-electron chi connectivity index (χ4n) is 1.37. The van der Waals surface area contributed by atoms with Crippen LogP contribution in [0, 0.1) is 11.8 Å². The largest absolute Gasteiger partial charge is 0.385 e. The second kappa shape index (κ2) is 4.83. The zero-order chi connectivity index (χ0) is 10.4. The van der Waals surface area contributed by atoms with Gasteiger partial charge in [0.05, 0.1) is 5.60 Å². The average Bonchev–Trinajstić information content (AvgIpc) is 2.19. The van der Waals surface area contributed by atoms with Crippen molar-refractivity contribution < 1.29 is 5.11 Å². The molecule has 0 fully saturated rings.